The lowest BCUT2D eigenvalue weighted by Gasteiger charge is -2.14. The quantitative estimate of drug-likeness (QED) is 0.597. The number of aromatic nitrogens is 1. The first-order valence-corrected chi connectivity index (χ1v) is 8.67. The zero-order valence-electron chi connectivity index (χ0n) is 12.9. The number of pyridine rings is 1. The summed E-state index contributed by atoms with van der Waals surface area (Å²) < 4.78 is 5.92. The van der Waals surface area contributed by atoms with Crippen molar-refractivity contribution >= 4 is 57.2 Å². The monoisotopic (exact) mass is 394 g/mol. The van der Waals surface area contributed by atoms with E-state index in [-0.39, 0.29) is 18.4 Å². The van der Waals surface area contributed by atoms with E-state index in [0.29, 0.717) is 27.0 Å². The van der Waals surface area contributed by atoms with Crippen LogP contribution >= 0.6 is 34.8 Å². The van der Waals surface area contributed by atoms with Gasteiger partial charge in [-0.25, -0.2) is 0 Å². The molecule has 0 bridgehead atoms. The van der Waals surface area contributed by atoms with Crippen molar-refractivity contribution in [2.24, 2.45) is 0 Å². The molecule has 1 N–H and O–H groups in total. The van der Waals surface area contributed by atoms with Gasteiger partial charge < -0.3 is 10.1 Å². The van der Waals surface area contributed by atoms with Gasteiger partial charge in [0.05, 0.1) is 10.7 Å². The Balaban J connectivity index is 1.87. The standard InChI is InChI=1S/C18H13Cl3N2O2/c19-8-17(24)23-15-5-4-14(20)13(18(15)21)10-25-16-3-1-2-11-9-22-7-6-12(11)16/h1-7,9H,8,10H2,(H,23,24). The van der Waals surface area contributed by atoms with Gasteiger partial charge in [-0.2, -0.15) is 0 Å². The second-order valence-corrected chi connectivity index (χ2v) is 6.26. The molecular weight excluding hydrogens is 383 g/mol. The zero-order chi connectivity index (χ0) is 17.8. The number of fused-ring (bicyclic) bond motifs is 1. The predicted octanol–water partition coefficient (Wildman–Crippen LogP) is 5.30. The third kappa shape index (κ3) is 3.98. The van der Waals surface area contributed by atoms with Crippen LogP contribution in [-0.2, 0) is 11.4 Å². The molecule has 4 nitrogen and oxygen atoms in total. The van der Waals surface area contributed by atoms with E-state index in [2.05, 4.69) is 10.3 Å². The highest BCUT2D eigenvalue weighted by Crippen LogP contribution is 2.33. The third-order valence-electron chi connectivity index (χ3n) is 3.59. The van der Waals surface area contributed by atoms with Gasteiger partial charge in [0.2, 0.25) is 5.91 Å². The zero-order valence-corrected chi connectivity index (χ0v) is 15.2. The summed E-state index contributed by atoms with van der Waals surface area (Å²) in [5.74, 6) is 0.191. The number of hydrogen-bond acceptors (Lipinski definition) is 3. The summed E-state index contributed by atoms with van der Waals surface area (Å²) in [7, 11) is 0. The number of nitrogens with zero attached hydrogens (tertiary/aromatic N) is 1. The van der Waals surface area contributed by atoms with E-state index in [1.54, 1.807) is 24.5 Å². The first kappa shape index (κ1) is 17.8. The summed E-state index contributed by atoms with van der Waals surface area (Å²) in [6, 6.07) is 10.9. The van der Waals surface area contributed by atoms with E-state index < -0.39 is 0 Å². The van der Waals surface area contributed by atoms with Gasteiger partial charge in [0.15, 0.2) is 0 Å². The van der Waals surface area contributed by atoms with Crippen molar-refractivity contribution in [2.75, 3.05) is 11.2 Å². The van der Waals surface area contributed by atoms with Crippen molar-refractivity contribution in [1.82, 2.24) is 4.98 Å². The molecule has 0 aliphatic carbocycles. The maximum Gasteiger partial charge on any atom is 0.239 e. The Bertz CT molecular complexity index is 926. The van der Waals surface area contributed by atoms with Crippen LogP contribution in [0.15, 0.2) is 48.8 Å². The minimum absolute atomic E-state index is 0.156. The maximum absolute atomic E-state index is 11.5. The smallest absolute Gasteiger partial charge is 0.239 e. The molecule has 3 rings (SSSR count). The van der Waals surface area contributed by atoms with Gasteiger partial charge in [0.1, 0.15) is 18.2 Å². The van der Waals surface area contributed by atoms with Crippen LogP contribution in [0.25, 0.3) is 10.8 Å². The number of nitrogens with one attached hydrogen (secondary N) is 1. The van der Waals surface area contributed by atoms with E-state index >= 15 is 0 Å². The third-order valence-corrected chi connectivity index (χ3v) is 4.62. The number of carbonyl (C=O) groups excluding carboxylic acids is 1. The first-order valence-electron chi connectivity index (χ1n) is 7.38. The number of rotatable bonds is 5. The van der Waals surface area contributed by atoms with Gasteiger partial charge in [-0.1, -0.05) is 35.3 Å². The molecule has 0 aliphatic heterocycles. The van der Waals surface area contributed by atoms with Gasteiger partial charge in [-0.15, -0.1) is 11.6 Å². The summed E-state index contributed by atoms with van der Waals surface area (Å²) in [6.07, 6.45) is 3.47. The van der Waals surface area contributed by atoms with Crippen LogP contribution in [0.4, 0.5) is 5.69 Å². The minimum Gasteiger partial charge on any atom is -0.488 e. The summed E-state index contributed by atoms with van der Waals surface area (Å²) in [5.41, 5.74) is 1.03. The molecule has 0 saturated heterocycles. The van der Waals surface area contributed by atoms with E-state index in [4.69, 9.17) is 39.5 Å². The van der Waals surface area contributed by atoms with E-state index in [1.807, 2.05) is 24.3 Å². The van der Waals surface area contributed by atoms with Crippen LogP contribution in [0, 0.1) is 0 Å². The highest BCUT2D eigenvalue weighted by molar-refractivity contribution is 6.38. The number of alkyl halides is 1. The van der Waals surface area contributed by atoms with Crippen molar-refractivity contribution < 1.29 is 9.53 Å². The van der Waals surface area contributed by atoms with Crippen molar-refractivity contribution in [3.8, 4) is 5.75 Å². The van der Waals surface area contributed by atoms with Crippen LogP contribution in [-0.4, -0.2) is 16.8 Å². The Morgan fingerprint density at radius 3 is 2.80 bits per heavy atom. The molecule has 0 spiro atoms. The number of carbonyl (C=O) groups is 1. The van der Waals surface area contributed by atoms with Crippen LogP contribution in [0.1, 0.15) is 5.56 Å². The summed E-state index contributed by atoms with van der Waals surface area (Å²) in [6.45, 7) is 0.156. The second-order valence-electron chi connectivity index (χ2n) is 5.21. The lowest BCUT2D eigenvalue weighted by molar-refractivity contribution is -0.113. The van der Waals surface area contributed by atoms with Gasteiger partial charge in [0.25, 0.3) is 0 Å². The largest absolute Gasteiger partial charge is 0.488 e. The molecule has 7 heteroatoms. The number of hydrogen-bond donors (Lipinski definition) is 1. The topological polar surface area (TPSA) is 51.2 Å². The molecule has 2 aromatic carbocycles. The number of ether oxygens (including phenoxy) is 1. The van der Waals surface area contributed by atoms with Crippen LogP contribution in [0.2, 0.25) is 10.0 Å². The van der Waals surface area contributed by atoms with Crippen molar-refractivity contribution in [1.29, 1.82) is 0 Å². The highest BCUT2D eigenvalue weighted by Gasteiger charge is 2.14. The van der Waals surface area contributed by atoms with Crippen LogP contribution in [0.5, 0.6) is 5.75 Å². The van der Waals surface area contributed by atoms with E-state index in [9.17, 15) is 4.79 Å². The molecule has 1 heterocycles. The molecule has 1 aromatic heterocycles. The molecule has 1 amide bonds. The highest BCUT2D eigenvalue weighted by atomic mass is 35.5. The Morgan fingerprint density at radius 2 is 2.00 bits per heavy atom. The first-order chi connectivity index (χ1) is 12.1. The van der Waals surface area contributed by atoms with Crippen LogP contribution < -0.4 is 10.1 Å². The van der Waals surface area contributed by atoms with Crippen LogP contribution in [0.3, 0.4) is 0 Å². The van der Waals surface area contributed by atoms with E-state index in [1.165, 1.54) is 0 Å². The number of halogens is 3. The molecule has 0 unspecified atom stereocenters. The second kappa shape index (κ2) is 7.91. The normalized spacial score (nSPS) is 10.7. The number of amides is 1. The molecule has 128 valence electrons. The Morgan fingerprint density at radius 1 is 1.16 bits per heavy atom. The Labute approximate surface area is 159 Å². The van der Waals surface area contributed by atoms with Crippen molar-refractivity contribution in [3.05, 3.63) is 64.4 Å². The lowest BCUT2D eigenvalue weighted by atomic mass is 10.1. The maximum atomic E-state index is 11.5. The Hall–Kier alpha value is -2.01. The summed E-state index contributed by atoms with van der Waals surface area (Å²) in [4.78, 5) is 15.6. The molecule has 0 radical (unpaired) electrons. The minimum atomic E-state index is -0.348. The van der Waals surface area contributed by atoms with Gasteiger partial charge >= 0.3 is 0 Å². The lowest BCUT2D eigenvalue weighted by Crippen LogP contribution is -2.13. The molecular formula is C18H13Cl3N2O2. The fourth-order valence-electron chi connectivity index (χ4n) is 2.38. The van der Waals surface area contributed by atoms with Crippen molar-refractivity contribution in [3.63, 3.8) is 0 Å². The average molecular weight is 396 g/mol. The summed E-state index contributed by atoms with van der Waals surface area (Å²) in [5, 5.41) is 5.32. The fourth-order valence-corrected chi connectivity index (χ4v) is 2.97. The SMILES string of the molecule is O=C(CCl)Nc1ccc(Cl)c(COc2cccc3cnccc23)c1Cl. The molecule has 0 aliphatic rings. The van der Waals surface area contributed by atoms with Gasteiger partial charge in [-0.3, -0.25) is 9.78 Å². The molecule has 3 aromatic rings. The Kier molecular flexibility index (Phi) is 5.63. The molecule has 25 heavy (non-hydrogen) atoms. The van der Waals surface area contributed by atoms with Gasteiger partial charge in [0, 0.05) is 33.8 Å². The molecule has 0 saturated carbocycles. The number of anilines is 1. The van der Waals surface area contributed by atoms with E-state index in [0.717, 1.165) is 10.8 Å². The molecule has 0 fully saturated rings. The predicted molar refractivity (Wildman–Crippen MR) is 102 cm³/mol. The van der Waals surface area contributed by atoms with Gasteiger partial charge in [-0.05, 0) is 24.3 Å². The average Bonchev–Trinajstić information content (AvgIpc) is 2.64. The number of benzene rings is 2. The van der Waals surface area contributed by atoms with Crippen molar-refractivity contribution in [2.45, 2.75) is 6.61 Å². The summed E-state index contributed by atoms with van der Waals surface area (Å²) >= 11 is 18.1. The molecule has 0 atom stereocenters. The fraction of sp³-hybridized carbons (Fsp3) is 0.111.